The molecular formula is C14H21N5O. The number of hydrogen-bond acceptors (Lipinski definition) is 3. The van der Waals surface area contributed by atoms with Crippen LogP contribution in [0.25, 0.3) is 0 Å². The predicted molar refractivity (Wildman–Crippen MR) is 76.2 cm³/mol. The molecule has 2 heterocycles. The maximum absolute atomic E-state index is 12.3. The Balaban J connectivity index is 2.04. The van der Waals surface area contributed by atoms with Gasteiger partial charge in [0.25, 0.3) is 5.91 Å². The topological polar surface area (TPSA) is 56.0 Å². The summed E-state index contributed by atoms with van der Waals surface area (Å²) in [5, 5.41) is 8.50. The first-order chi connectivity index (χ1) is 9.65. The molecule has 0 bridgehead atoms. The van der Waals surface area contributed by atoms with Crippen molar-refractivity contribution >= 4 is 5.91 Å². The Hall–Kier alpha value is -2.11. The van der Waals surface area contributed by atoms with Crippen molar-refractivity contribution in [2.75, 3.05) is 7.05 Å². The lowest BCUT2D eigenvalue weighted by Gasteiger charge is -2.16. The van der Waals surface area contributed by atoms with Gasteiger partial charge in [-0.2, -0.15) is 10.2 Å². The maximum atomic E-state index is 12.3. The molecule has 0 spiro atoms. The van der Waals surface area contributed by atoms with E-state index in [1.54, 1.807) is 28.9 Å². The lowest BCUT2D eigenvalue weighted by Crippen LogP contribution is -2.28. The second-order valence-corrected chi connectivity index (χ2v) is 4.76. The highest BCUT2D eigenvalue weighted by molar-refractivity contribution is 5.91. The molecule has 6 heteroatoms. The minimum absolute atomic E-state index is 0.0660. The van der Waals surface area contributed by atoms with Crippen LogP contribution in [0.3, 0.4) is 0 Å². The van der Waals surface area contributed by atoms with Crippen LogP contribution in [0.2, 0.25) is 0 Å². The highest BCUT2D eigenvalue weighted by Gasteiger charge is 2.16. The summed E-state index contributed by atoms with van der Waals surface area (Å²) in [5.74, 6) is -0.0660. The molecule has 2 aromatic rings. The molecule has 2 rings (SSSR count). The number of carbonyl (C=O) groups is 1. The van der Waals surface area contributed by atoms with Crippen molar-refractivity contribution in [3.05, 3.63) is 35.9 Å². The van der Waals surface area contributed by atoms with Crippen LogP contribution < -0.4 is 0 Å². The van der Waals surface area contributed by atoms with Crippen LogP contribution in [0, 0.1) is 0 Å². The molecule has 0 atom stereocenters. The largest absolute Gasteiger partial charge is 0.334 e. The Bertz CT molecular complexity index is 572. The summed E-state index contributed by atoms with van der Waals surface area (Å²) in [7, 11) is 1.79. The van der Waals surface area contributed by atoms with E-state index >= 15 is 0 Å². The van der Waals surface area contributed by atoms with E-state index in [-0.39, 0.29) is 5.91 Å². The van der Waals surface area contributed by atoms with Crippen molar-refractivity contribution in [3.63, 3.8) is 0 Å². The maximum Gasteiger partial charge on any atom is 0.274 e. The molecule has 108 valence electrons. The first kappa shape index (κ1) is 14.3. The van der Waals surface area contributed by atoms with Gasteiger partial charge in [-0.05, 0) is 25.5 Å². The minimum Gasteiger partial charge on any atom is -0.334 e. The fraction of sp³-hybridized carbons (Fsp3) is 0.500. The average Bonchev–Trinajstić information content (AvgIpc) is 3.07. The molecule has 0 fully saturated rings. The molecule has 0 unspecified atom stereocenters. The highest BCUT2D eigenvalue weighted by atomic mass is 16.2. The van der Waals surface area contributed by atoms with E-state index < -0.39 is 0 Å². The monoisotopic (exact) mass is 275 g/mol. The number of carbonyl (C=O) groups excluding carboxylic acids is 1. The van der Waals surface area contributed by atoms with Gasteiger partial charge in [0.1, 0.15) is 5.69 Å². The van der Waals surface area contributed by atoms with Crippen LogP contribution in [0.1, 0.15) is 36.5 Å². The minimum atomic E-state index is -0.0660. The summed E-state index contributed by atoms with van der Waals surface area (Å²) in [5.41, 5.74) is 1.51. The van der Waals surface area contributed by atoms with Gasteiger partial charge in [-0.15, -0.1) is 0 Å². The highest BCUT2D eigenvalue weighted by Crippen LogP contribution is 2.07. The number of nitrogens with zero attached hydrogens (tertiary/aromatic N) is 5. The van der Waals surface area contributed by atoms with E-state index in [2.05, 4.69) is 17.1 Å². The SMILES string of the molecule is CCCn1ccc(C(=O)N(C)Cc2ccnn2CC)n1. The molecule has 0 aromatic carbocycles. The van der Waals surface area contributed by atoms with E-state index in [0.717, 1.165) is 25.2 Å². The number of hydrogen-bond donors (Lipinski definition) is 0. The molecule has 0 saturated heterocycles. The molecular weight excluding hydrogens is 254 g/mol. The van der Waals surface area contributed by atoms with Crippen LogP contribution in [0.4, 0.5) is 0 Å². The van der Waals surface area contributed by atoms with Gasteiger partial charge in [0, 0.05) is 32.5 Å². The second kappa shape index (κ2) is 6.36. The fourth-order valence-electron chi connectivity index (χ4n) is 2.12. The number of amides is 1. The summed E-state index contributed by atoms with van der Waals surface area (Å²) in [6.45, 7) is 6.29. The quantitative estimate of drug-likeness (QED) is 0.807. The number of aromatic nitrogens is 4. The third-order valence-electron chi connectivity index (χ3n) is 3.16. The van der Waals surface area contributed by atoms with Crippen molar-refractivity contribution in [1.82, 2.24) is 24.5 Å². The zero-order chi connectivity index (χ0) is 14.5. The molecule has 0 aliphatic heterocycles. The van der Waals surface area contributed by atoms with Gasteiger partial charge < -0.3 is 4.90 Å². The van der Waals surface area contributed by atoms with Crippen LogP contribution >= 0.6 is 0 Å². The van der Waals surface area contributed by atoms with E-state index in [1.165, 1.54) is 0 Å². The van der Waals surface area contributed by atoms with Gasteiger partial charge in [0.2, 0.25) is 0 Å². The van der Waals surface area contributed by atoms with Crippen LogP contribution in [-0.4, -0.2) is 37.4 Å². The zero-order valence-corrected chi connectivity index (χ0v) is 12.3. The number of rotatable bonds is 6. The third kappa shape index (κ3) is 3.07. The lowest BCUT2D eigenvalue weighted by atomic mass is 10.3. The normalized spacial score (nSPS) is 10.8. The predicted octanol–water partition coefficient (Wildman–Crippen LogP) is 1.78. The summed E-state index contributed by atoms with van der Waals surface area (Å²) in [6.07, 6.45) is 4.61. The summed E-state index contributed by atoms with van der Waals surface area (Å²) < 4.78 is 3.69. The Labute approximate surface area is 119 Å². The van der Waals surface area contributed by atoms with Gasteiger partial charge in [-0.25, -0.2) is 0 Å². The van der Waals surface area contributed by atoms with Gasteiger partial charge in [-0.1, -0.05) is 6.92 Å². The second-order valence-electron chi connectivity index (χ2n) is 4.76. The molecule has 0 N–H and O–H groups in total. The van der Waals surface area contributed by atoms with Gasteiger partial charge in [0.15, 0.2) is 0 Å². The Morgan fingerprint density at radius 2 is 2.15 bits per heavy atom. The molecule has 0 aliphatic rings. The van der Waals surface area contributed by atoms with Crippen LogP contribution in [-0.2, 0) is 19.6 Å². The molecule has 0 radical (unpaired) electrons. The van der Waals surface area contributed by atoms with Crippen molar-refractivity contribution in [1.29, 1.82) is 0 Å². The van der Waals surface area contributed by atoms with Gasteiger partial charge in [0.05, 0.1) is 12.2 Å². The fourth-order valence-corrected chi connectivity index (χ4v) is 2.12. The third-order valence-corrected chi connectivity index (χ3v) is 3.16. The molecule has 20 heavy (non-hydrogen) atoms. The molecule has 2 aromatic heterocycles. The average molecular weight is 275 g/mol. The van der Waals surface area contributed by atoms with Gasteiger partial charge >= 0.3 is 0 Å². The Kier molecular flexibility index (Phi) is 4.55. The zero-order valence-electron chi connectivity index (χ0n) is 12.3. The first-order valence-electron chi connectivity index (χ1n) is 6.95. The van der Waals surface area contributed by atoms with Crippen molar-refractivity contribution in [2.45, 2.75) is 39.9 Å². The van der Waals surface area contributed by atoms with E-state index in [1.807, 2.05) is 23.9 Å². The van der Waals surface area contributed by atoms with Crippen molar-refractivity contribution < 1.29 is 4.79 Å². The van der Waals surface area contributed by atoms with Crippen molar-refractivity contribution in [2.24, 2.45) is 0 Å². The lowest BCUT2D eigenvalue weighted by molar-refractivity contribution is 0.0774. The van der Waals surface area contributed by atoms with E-state index in [4.69, 9.17) is 0 Å². The van der Waals surface area contributed by atoms with E-state index in [0.29, 0.717) is 12.2 Å². The Morgan fingerprint density at radius 1 is 1.35 bits per heavy atom. The van der Waals surface area contributed by atoms with Crippen LogP contribution in [0.5, 0.6) is 0 Å². The van der Waals surface area contributed by atoms with Crippen LogP contribution in [0.15, 0.2) is 24.5 Å². The standard InChI is InChI=1S/C14H21N5O/c1-4-9-18-10-7-13(16-18)14(20)17(3)11-12-6-8-15-19(12)5-2/h6-8,10H,4-5,9,11H2,1-3H3. The summed E-state index contributed by atoms with van der Waals surface area (Å²) in [4.78, 5) is 14.0. The number of aryl methyl sites for hydroxylation is 2. The smallest absolute Gasteiger partial charge is 0.274 e. The molecule has 0 saturated carbocycles. The van der Waals surface area contributed by atoms with Gasteiger partial charge in [-0.3, -0.25) is 14.2 Å². The molecule has 0 aliphatic carbocycles. The van der Waals surface area contributed by atoms with Crippen molar-refractivity contribution in [3.8, 4) is 0 Å². The molecule has 1 amide bonds. The Morgan fingerprint density at radius 3 is 2.85 bits per heavy atom. The molecule has 6 nitrogen and oxygen atoms in total. The summed E-state index contributed by atoms with van der Waals surface area (Å²) >= 11 is 0. The first-order valence-corrected chi connectivity index (χ1v) is 6.95. The summed E-state index contributed by atoms with van der Waals surface area (Å²) in [6, 6.07) is 3.70. The van der Waals surface area contributed by atoms with E-state index in [9.17, 15) is 4.79 Å².